The summed E-state index contributed by atoms with van der Waals surface area (Å²) in [5.41, 5.74) is 3.11. The largest absolute Gasteiger partial charge is 0.333 e. The van der Waals surface area contributed by atoms with Crippen LogP contribution in [0.3, 0.4) is 0 Å². The van der Waals surface area contributed by atoms with E-state index in [2.05, 4.69) is 21.2 Å². The van der Waals surface area contributed by atoms with Crippen molar-refractivity contribution in [2.75, 3.05) is 0 Å². The molecular weight excluding hydrogens is 276 g/mol. The molecule has 3 rings (SSSR count). The number of benzene rings is 1. The maximum Gasteiger partial charge on any atom is 0.268 e. The molecule has 0 aliphatic carbocycles. The predicted octanol–water partition coefficient (Wildman–Crippen LogP) is 3.50. The van der Waals surface area contributed by atoms with Crippen molar-refractivity contribution in [3.63, 3.8) is 0 Å². The highest BCUT2D eigenvalue weighted by molar-refractivity contribution is 5.86. The summed E-state index contributed by atoms with van der Waals surface area (Å²) in [5.74, 6) is 0.657. The van der Waals surface area contributed by atoms with Gasteiger partial charge in [0.25, 0.3) is 5.89 Å². The number of nitrogens with zero attached hydrogens (tertiary/aromatic N) is 4. The third kappa shape index (κ3) is 2.91. The molecule has 106 valence electrons. The highest BCUT2D eigenvalue weighted by atomic mass is 16.5. The Bertz CT molecular complexity index is 842. The molecule has 0 amide bonds. The first-order valence-corrected chi connectivity index (χ1v) is 6.69. The van der Waals surface area contributed by atoms with Crippen LogP contribution in [0.25, 0.3) is 23.0 Å². The van der Waals surface area contributed by atoms with Crippen molar-refractivity contribution < 1.29 is 4.52 Å². The number of hydrogen-bond donors (Lipinski definition) is 0. The lowest BCUT2D eigenvalue weighted by Gasteiger charge is -1.94. The molecule has 0 spiro atoms. The van der Waals surface area contributed by atoms with E-state index in [1.807, 2.05) is 37.3 Å². The summed E-state index contributed by atoms with van der Waals surface area (Å²) in [6.45, 7) is 2.01. The summed E-state index contributed by atoms with van der Waals surface area (Å²) in [6.07, 6.45) is 5.00. The van der Waals surface area contributed by atoms with Crippen LogP contribution in [0.1, 0.15) is 17.0 Å². The second-order valence-electron chi connectivity index (χ2n) is 4.75. The van der Waals surface area contributed by atoms with E-state index in [0.717, 1.165) is 16.7 Å². The molecule has 0 atom stereocenters. The number of aromatic nitrogens is 3. The number of aryl methyl sites for hydroxylation is 1. The predicted molar refractivity (Wildman–Crippen MR) is 82.2 cm³/mol. The molecule has 0 radical (unpaired) electrons. The van der Waals surface area contributed by atoms with Crippen LogP contribution in [0.2, 0.25) is 0 Å². The van der Waals surface area contributed by atoms with Gasteiger partial charge in [0.15, 0.2) is 0 Å². The van der Waals surface area contributed by atoms with Crippen LogP contribution in [-0.2, 0) is 0 Å². The Kier molecular flexibility index (Phi) is 3.75. The van der Waals surface area contributed by atoms with Gasteiger partial charge in [-0.1, -0.05) is 41.1 Å². The third-order valence-corrected chi connectivity index (χ3v) is 3.08. The quantitative estimate of drug-likeness (QED) is 0.689. The molecule has 0 saturated carbocycles. The van der Waals surface area contributed by atoms with Gasteiger partial charge in [-0.05, 0) is 24.6 Å². The van der Waals surface area contributed by atoms with Gasteiger partial charge >= 0.3 is 0 Å². The summed E-state index contributed by atoms with van der Waals surface area (Å²) in [7, 11) is 0. The highest BCUT2D eigenvalue weighted by Gasteiger charge is 2.12. The maximum atomic E-state index is 9.29. The van der Waals surface area contributed by atoms with Crippen LogP contribution >= 0.6 is 0 Å². The summed E-state index contributed by atoms with van der Waals surface area (Å²) < 4.78 is 5.20. The molecule has 0 unspecified atom stereocenters. The van der Waals surface area contributed by atoms with Crippen molar-refractivity contribution >= 4 is 11.6 Å². The lowest BCUT2D eigenvalue weighted by atomic mass is 10.1. The topological polar surface area (TPSA) is 75.6 Å². The number of nitriles is 1. The van der Waals surface area contributed by atoms with Gasteiger partial charge in [0.2, 0.25) is 5.82 Å². The molecule has 0 bridgehead atoms. The standard InChI is InChI=1S/C17H12N4O/c1-12-4-6-14(7-5-12)16-20-17(22-21-16)15(10-18)9-13-3-2-8-19-11-13/h2-9,11H,1H3/b15-9-. The summed E-state index contributed by atoms with van der Waals surface area (Å²) >= 11 is 0. The van der Waals surface area contributed by atoms with Gasteiger partial charge in [0, 0.05) is 18.0 Å². The Morgan fingerprint density at radius 1 is 1.23 bits per heavy atom. The molecule has 0 aliphatic rings. The van der Waals surface area contributed by atoms with Crippen LogP contribution in [0.4, 0.5) is 0 Å². The third-order valence-electron chi connectivity index (χ3n) is 3.08. The average molecular weight is 288 g/mol. The second-order valence-corrected chi connectivity index (χ2v) is 4.75. The highest BCUT2D eigenvalue weighted by Crippen LogP contribution is 2.21. The number of allylic oxidation sites excluding steroid dienone is 1. The smallest absolute Gasteiger partial charge is 0.268 e. The zero-order chi connectivity index (χ0) is 15.4. The zero-order valence-electron chi connectivity index (χ0n) is 11.9. The molecule has 3 aromatic rings. The molecule has 5 nitrogen and oxygen atoms in total. The van der Waals surface area contributed by atoms with E-state index < -0.39 is 0 Å². The van der Waals surface area contributed by atoms with E-state index in [1.165, 1.54) is 0 Å². The van der Waals surface area contributed by atoms with Crippen LogP contribution in [0, 0.1) is 18.3 Å². The molecule has 0 saturated heterocycles. The van der Waals surface area contributed by atoms with Crippen molar-refractivity contribution in [3.05, 3.63) is 65.8 Å². The lowest BCUT2D eigenvalue weighted by molar-refractivity contribution is 0.409. The number of pyridine rings is 1. The van der Waals surface area contributed by atoms with Crippen LogP contribution in [0.5, 0.6) is 0 Å². The first kappa shape index (κ1) is 13.7. The zero-order valence-corrected chi connectivity index (χ0v) is 11.9. The molecular formula is C17H12N4O. The van der Waals surface area contributed by atoms with E-state index in [4.69, 9.17) is 4.52 Å². The van der Waals surface area contributed by atoms with Crippen LogP contribution in [-0.4, -0.2) is 15.1 Å². The monoisotopic (exact) mass is 288 g/mol. The van der Waals surface area contributed by atoms with E-state index in [-0.39, 0.29) is 5.89 Å². The minimum absolute atomic E-state index is 0.196. The van der Waals surface area contributed by atoms with E-state index >= 15 is 0 Å². The van der Waals surface area contributed by atoms with Crippen molar-refractivity contribution in [2.45, 2.75) is 6.92 Å². The van der Waals surface area contributed by atoms with Crippen LogP contribution < -0.4 is 0 Å². The second kappa shape index (κ2) is 6.02. The Labute approximate surface area is 127 Å². The van der Waals surface area contributed by atoms with Gasteiger partial charge in [0.1, 0.15) is 11.6 Å². The van der Waals surface area contributed by atoms with Gasteiger partial charge in [-0.3, -0.25) is 4.98 Å². The first-order valence-electron chi connectivity index (χ1n) is 6.69. The Morgan fingerprint density at radius 2 is 2.05 bits per heavy atom. The summed E-state index contributed by atoms with van der Waals surface area (Å²) in [4.78, 5) is 8.29. The van der Waals surface area contributed by atoms with Crippen molar-refractivity contribution in [1.29, 1.82) is 5.26 Å². The fourth-order valence-electron chi connectivity index (χ4n) is 1.92. The Morgan fingerprint density at radius 3 is 2.73 bits per heavy atom. The number of rotatable bonds is 3. The summed E-state index contributed by atoms with van der Waals surface area (Å²) in [6, 6.07) is 13.5. The van der Waals surface area contributed by atoms with Gasteiger partial charge in [-0.25, -0.2) is 0 Å². The van der Waals surface area contributed by atoms with Gasteiger partial charge in [-0.15, -0.1) is 0 Å². The Balaban J connectivity index is 1.94. The van der Waals surface area contributed by atoms with E-state index in [9.17, 15) is 5.26 Å². The molecule has 5 heteroatoms. The van der Waals surface area contributed by atoms with Crippen molar-refractivity contribution in [3.8, 4) is 17.5 Å². The molecule has 0 N–H and O–H groups in total. The van der Waals surface area contributed by atoms with Crippen molar-refractivity contribution in [2.24, 2.45) is 0 Å². The van der Waals surface area contributed by atoms with E-state index in [1.54, 1.807) is 24.5 Å². The lowest BCUT2D eigenvalue weighted by Crippen LogP contribution is -1.84. The fourth-order valence-corrected chi connectivity index (χ4v) is 1.92. The Hall–Kier alpha value is -3.26. The van der Waals surface area contributed by atoms with Crippen molar-refractivity contribution in [1.82, 2.24) is 15.1 Å². The number of hydrogen-bond acceptors (Lipinski definition) is 5. The minimum atomic E-state index is 0.196. The summed E-state index contributed by atoms with van der Waals surface area (Å²) in [5, 5.41) is 13.2. The van der Waals surface area contributed by atoms with Crippen LogP contribution in [0.15, 0.2) is 53.3 Å². The maximum absolute atomic E-state index is 9.29. The average Bonchev–Trinajstić information content (AvgIpc) is 3.04. The molecule has 0 fully saturated rings. The minimum Gasteiger partial charge on any atom is -0.333 e. The van der Waals surface area contributed by atoms with Gasteiger partial charge in [0.05, 0.1) is 0 Å². The molecule has 22 heavy (non-hydrogen) atoms. The SMILES string of the molecule is Cc1ccc(-c2noc(/C(C#N)=C\c3cccnc3)n2)cc1. The first-order chi connectivity index (χ1) is 10.8. The molecule has 2 heterocycles. The molecule has 0 aliphatic heterocycles. The van der Waals surface area contributed by atoms with Gasteiger partial charge in [-0.2, -0.15) is 10.2 Å². The molecule has 1 aromatic carbocycles. The molecule has 2 aromatic heterocycles. The fraction of sp³-hybridized carbons (Fsp3) is 0.0588. The van der Waals surface area contributed by atoms with E-state index in [0.29, 0.717) is 11.4 Å². The normalized spacial score (nSPS) is 11.2. The van der Waals surface area contributed by atoms with Gasteiger partial charge < -0.3 is 4.52 Å².